The quantitative estimate of drug-likeness (QED) is 0.332. The first-order chi connectivity index (χ1) is 14.7. The van der Waals surface area contributed by atoms with Gasteiger partial charge in [-0.05, 0) is 68.9 Å². The molecular weight excluding hydrogens is 460 g/mol. The highest BCUT2D eigenvalue weighted by molar-refractivity contribution is 7.26. The topological polar surface area (TPSA) is 69.6 Å². The van der Waals surface area contributed by atoms with Crippen molar-refractivity contribution in [2.75, 3.05) is 13.2 Å². The van der Waals surface area contributed by atoms with E-state index in [4.69, 9.17) is 0 Å². The molecule has 9 heteroatoms. The highest BCUT2D eigenvalue weighted by Crippen LogP contribution is 2.39. The molecule has 0 fully saturated rings. The molecule has 31 heavy (non-hydrogen) atoms. The lowest BCUT2D eigenvalue weighted by Crippen LogP contribution is -2.68. The third-order valence-corrected chi connectivity index (χ3v) is 8.98. The molecule has 168 valence electrons. The smallest absolute Gasteiger partial charge is 0.268 e. The van der Waals surface area contributed by atoms with Crippen LogP contribution in [0.15, 0.2) is 41.8 Å². The lowest BCUT2D eigenvalue weighted by Gasteiger charge is -2.41. The van der Waals surface area contributed by atoms with Gasteiger partial charge in [0.25, 0.3) is 6.43 Å². The van der Waals surface area contributed by atoms with E-state index >= 15 is 0 Å². The van der Waals surface area contributed by atoms with Gasteiger partial charge in [0, 0.05) is 24.4 Å². The van der Waals surface area contributed by atoms with E-state index in [1.54, 1.807) is 34.0 Å². The Morgan fingerprint density at radius 3 is 2.32 bits per heavy atom. The molecule has 3 aromatic heterocycles. The average Bonchev–Trinajstić information content (AvgIpc) is 3.50. The number of ketones is 1. The predicted octanol–water partition coefficient (Wildman–Crippen LogP) is 5.06. The van der Waals surface area contributed by atoms with Gasteiger partial charge in [0.05, 0.1) is 0 Å². The van der Waals surface area contributed by atoms with Crippen LogP contribution in [0.25, 0.3) is 19.5 Å². The fourth-order valence-electron chi connectivity index (χ4n) is 3.20. The molecule has 3 rings (SSSR count). The van der Waals surface area contributed by atoms with Crippen LogP contribution in [-0.2, 0) is 11.2 Å². The van der Waals surface area contributed by atoms with Gasteiger partial charge in [-0.2, -0.15) is 0 Å². The van der Waals surface area contributed by atoms with E-state index in [9.17, 15) is 23.8 Å². The van der Waals surface area contributed by atoms with Crippen molar-refractivity contribution in [3.8, 4) is 19.5 Å². The fraction of sp³-hybridized carbons (Fsp3) is 0.409. The van der Waals surface area contributed by atoms with Crippen molar-refractivity contribution in [3.05, 3.63) is 46.7 Å². The molecule has 0 bridgehead atoms. The van der Waals surface area contributed by atoms with Crippen molar-refractivity contribution >= 4 is 39.8 Å². The second-order valence-corrected chi connectivity index (χ2v) is 10.8. The molecule has 3 heterocycles. The third-order valence-electron chi connectivity index (χ3n) is 5.49. The zero-order valence-electron chi connectivity index (χ0n) is 17.2. The number of carbonyl (C=O) groups excluding carboxylic acids is 1. The van der Waals surface area contributed by atoms with Gasteiger partial charge in [-0.25, -0.2) is 8.78 Å². The largest absolute Gasteiger partial charge is 0.389 e. The number of aryl methyl sites for hydroxylation is 1. The van der Waals surface area contributed by atoms with Crippen molar-refractivity contribution in [1.29, 1.82) is 0 Å². The Morgan fingerprint density at radius 1 is 1.06 bits per heavy atom. The molecule has 3 N–H and O–H groups in total. The van der Waals surface area contributed by atoms with Gasteiger partial charge >= 0.3 is 0 Å². The summed E-state index contributed by atoms with van der Waals surface area (Å²) in [6.07, 6.45) is -1.83. The molecule has 4 nitrogen and oxygen atoms in total. The summed E-state index contributed by atoms with van der Waals surface area (Å²) in [6, 6.07) is 12.5. The Kier molecular flexibility index (Phi) is 7.77. The monoisotopic (exact) mass is 485 g/mol. The molecule has 0 radical (unpaired) electrons. The van der Waals surface area contributed by atoms with Gasteiger partial charge in [-0.3, -0.25) is 4.79 Å². The summed E-state index contributed by atoms with van der Waals surface area (Å²) >= 11 is 5.15. The van der Waals surface area contributed by atoms with E-state index in [1.165, 1.54) is 26.4 Å². The zero-order valence-corrected chi connectivity index (χ0v) is 19.7. The molecule has 0 aliphatic heterocycles. The Morgan fingerprint density at radius 2 is 1.71 bits per heavy atom. The molecule has 0 saturated carbocycles. The maximum atomic E-state index is 13.3. The Balaban J connectivity index is 1.59. The lowest BCUT2D eigenvalue weighted by atomic mass is 9.79. The Hall–Kier alpha value is -1.49. The maximum absolute atomic E-state index is 13.3. The van der Waals surface area contributed by atoms with Crippen molar-refractivity contribution in [2.45, 2.75) is 44.3 Å². The number of Topliss-reactive ketones (excluding diaryl/α,β-unsaturated/α-hetero) is 1. The minimum atomic E-state index is -3.13. The highest BCUT2D eigenvalue weighted by atomic mass is 32.1. The van der Waals surface area contributed by atoms with Gasteiger partial charge in [0.15, 0.2) is 5.78 Å². The van der Waals surface area contributed by atoms with E-state index in [-0.39, 0.29) is 6.54 Å². The molecule has 0 amide bonds. The van der Waals surface area contributed by atoms with E-state index in [0.29, 0.717) is 12.8 Å². The minimum absolute atomic E-state index is 0.250. The highest BCUT2D eigenvalue weighted by Gasteiger charge is 2.54. The second-order valence-electron chi connectivity index (χ2n) is 7.59. The van der Waals surface area contributed by atoms with Crippen LogP contribution in [-0.4, -0.2) is 46.7 Å². The van der Waals surface area contributed by atoms with Crippen LogP contribution in [0.2, 0.25) is 0 Å². The SMILES string of the molecule is CC(NCCCc1ccc(-c2ccc(-c3cccs3)s2)s1)(C(=O)CO)C(C)(O)C(F)F. The van der Waals surface area contributed by atoms with Crippen LogP contribution < -0.4 is 5.32 Å². The molecule has 2 atom stereocenters. The molecule has 0 saturated heterocycles. The first kappa shape index (κ1) is 24.2. The van der Waals surface area contributed by atoms with Crippen molar-refractivity contribution in [1.82, 2.24) is 5.32 Å². The molecule has 0 spiro atoms. The van der Waals surface area contributed by atoms with Crippen LogP contribution in [0.1, 0.15) is 25.1 Å². The second kappa shape index (κ2) is 9.97. The van der Waals surface area contributed by atoms with Gasteiger partial charge in [-0.1, -0.05) is 6.07 Å². The van der Waals surface area contributed by atoms with Crippen LogP contribution in [0.3, 0.4) is 0 Å². The van der Waals surface area contributed by atoms with Crippen molar-refractivity contribution < 1.29 is 23.8 Å². The standard InChI is InChI=1S/C22H25F2NO3S3/c1-21(19(27)13-26,22(2,28)20(23)24)25-11-3-5-14-7-8-17(30-14)18-10-9-16(31-18)15-6-4-12-29-15/h4,6-10,12,20,25-26,28H,3,5,11,13H2,1-2H3. The van der Waals surface area contributed by atoms with Gasteiger partial charge < -0.3 is 15.5 Å². The average molecular weight is 486 g/mol. The molecule has 2 unspecified atom stereocenters. The normalized spacial score (nSPS) is 15.7. The summed E-state index contributed by atoms with van der Waals surface area (Å²) in [4.78, 5) is 18.1. The van der Waals surface area contributed by atoms with Crippen LogP contribution in [0.5, 0.6) is 0 Å². The molecule has 3 aromatic rings. The zero-order chi connectivity index (χ0) is 22.6. The fourth-order valence-corrected chi connectivity index (χ4v) is 6.18. The van der Waals surface area contributed by atoms with E-state index in [1.807, 2.05) is 6.07 Å². The van der Waals surface area contributed by atoms with Crippen LogP contribution >= 0.6 is 34.0 Å². The predicted molar refractivity (Wildman–Crippen MR) is 124 cm³/mol. The van der Waals surface area contributed by atoms with Crippen molar-refractivity contribution in [2.24, 2.45) is 0 Å². The molecular formula is C22H25F2NO3S3. The number of carbonyl (C=O) groups is 1. The van der Waals surface area contributed by atoms with E-state index < -0.39 is 30.0 Å². The number of nitrogens with one attached hydrogen (secondary N) is 1. The Labute approximate surface area is 192 Å². The number of rotatable bonds is 11. The summed E-state index contributed by atoms with van der Waals surface area (Å²) in [5, 5.41) is 24.2. The summed E-state index contributed by atoms with van der Waals surface area (Å²) in [5.41, 5.74) is -4.53. The van der Waals surface area contributed by atoms with Gasteiger partial charge in [-0.15, -0.1) is 34.0 Å². The van der Waals surface area contributed by atoms with E-state index in [0.717, 1.165) is 11.8 Å². The maximum Gasteiger partial charge on any atom is 0.268 e. The summed E-state index contributed by atoms with van der Waals surface area (Å²) < 4.78 is 26.6. The number of halogens is 2. The minimum Gasteiger partial charge on any atom is -0.389 e. The number of hydrogen-bond donors (Lipinski definition) is 3. The number of aliphatic hydroxyl groups excluding tert-OH is 1. The molecule has 0 aromatic carbocycles. The van der Waals surface area contributed by atoms with Gasteiger partial charge in [0.2, 0.25) is 0 Å². The lowest BCUT2D eigenvalue weighted by molar-refractivity contribution is -0.160. The van der Waals surface area contributed by atoms with Crippen molar-refractivity contribution in [3.63, 3.8) is 0 Å². The number of thiophene rings is 3. The number of aliphatic hydroxyl groups is 2. The summed E-state index contributed by atoms with van der Waals surface area (Å²) in [7, 11) is 0. The number of hydrogen-bond acceptors (Lipinski definition) is 7. The molecule has 0 aliphatic carbocycles. The number of alkyl halides is 2. The third kappa shape index (κ3) is 5.13. The first-order valence-electron chi connectivity index (χ1n) is 9.81. The Bertz CT molecular complexity index is 997. The summed E-state index contributed by atoms with van der Waals surface area (Å²) in [5.74, 6) is -0.865. The van der Waals surface area contributed by atoms with Crippen LogP contribution in [0.4, 0.5) is 8.78 Å². The van der Waals surface area contributed by atoms with Gasteiger partial charge in [0.1, 0.15) is 17.7 Å². The van der Waals surface area contributed by atoms with Crippen LogP contribution in [0, 0.1) is 0 Å². The van der Waals surface area contributed by atoms with E-state index in [2.05, 4.69) is 41.0 Å². The first-order valence-corrected chi connectivity index (χ1v) is 12.3. The molecule has 0 aliphatic rings. The summed E-state index contributed by atoms with van der Waals surface area (Å²) in [6.45, 7) is 1.45.